The number of thiazole rings is 1. The Hall–Kier alpha value is -2.61. The number of halogens is 1. The van der Waals surface area contributed by atoms with Crippen molar-refractivity contribution in [2.75, 3.05) is 33.5 Å². The molecule has 0 N–H and O–H groups in total. The van der Waals surface area contributed by atoms with Gasteiger partial charge in [-0.3, -0.25) is 4.99 Å². The Morgan fingerprint density at radius 2 is 1.93 bits per heavy atom. The number of aromatic nitrogens is 1. The molecule has 4 rings (SSSR count). The number of fused-ring (bicyclic) bond motifs is 1. The maximum Gasteiger partial charge on any atom is 0.206 e. The fraction of sp³-hybridized carbons (Fsp3) is 0.238. The van der Waals surface area contributed by atoms with Crippen LogP contribution in [0.5, 0.6) is 11.5 Å². The van der Waals surface area contributed by atoms with Crippen molar-refractivity contribution < 1.29 is 14.2 Å². The van der Waals surface area contributed by atoms with E-state index in [4.69, 9.17) is 30.9 Å². The highest BCUT2D eigenvalue weighted by atomic mass is 35.5. The van der Waals surface area contributed by atoms with Crippen LogP contribution >= 0.6 is 22.9 Å². The highest BCUT2D eigenvalue weighted by Gasteiger charge is 2.11. The Morgan fingerprint density at radius 1 is 1.14 bits per heavy atom. The summed E-state index contributed by atoms with van der Waals surface area (Å²) in [5, 5.41) is 7.43. The van der Waals surface area contributed by atoms with Gasteiger partial charge in [0.25, 0.3) is 0 Å². The highest BCUT2D eigenvalue weighted by molar-refractivity contribution is 7.07. The third-order valence-electron chi connectivity index (χ3n) is 4.26. The predicted octanol–water partition coefficient (Wildman–Crippen LogP) is 4.07. The standard InChI is InChI=1S/C21H20ClN3O3S/c1-26-9-8-23-21-25(18(14-29-21)16-3-5-17(22)6-4-16)24-13-15-2-7-19-20(12-15)28-11-10-27-19/h2-7,12-14H,8-11H2,1H3/b23-21?,24-13-. The molecule has 6 nitrogen and oxygen atoms in total. The van der Waals surface area contributed by atoms with Crippen molar-refractivity contribution in [3.05, 3.63) is 63.2 Å². The van der Waals surface area contributed by atoms with Crippen LogP contribution in [-0.2, 0) is 4.74 Å². The van der Waals surface area contributed by atoms with Gasteiger partial charge in [0.2, 0.25) is 4.80 Å². The number of hydrogen-bond acceptors (Lipinski definition) is 6. The molecular weight excluding hydrogens is 410 g/mol. The van der Waals surface area contributed by atoms with E-state index >= 15 is 0 Å². The maximum absolute atomic E-state index is 6.04. The van der Waals surface area contributed by atoms with Gasteiger partial charge in [0.05, 0.1) is 25.1 Å². The number of ether oxygens (including phenoxy) is 3. The molecule has 0 atom stereocenters. The van der Waals surface area contributed by atoms with Crippen molar-refractivity contribution in [2.45, 2.75) is 0 Å². The van der Waals surface area contributed by atoms with Crippen LogP contribution in [0.3, 0.4) is 0 Å². The summed E-state index contributed by atoms with van der Waals surface area (Å²) in [5.74, 6) is 1.49. The molecule has 0 fully saturated rings. The van der Waals surface area contributed by atoms with Gasteiger partial charge in [0, 0.05) is 23.1 Å². The third-order valence-corrected chi connectivity index (χ3v) is 5.36. The summed E-state index contributed by atoms with van der Waals surface area (Å²) in [6, 6.07) is 13.5. The van der Waals surface area contributed by atoms with E-state index < -0.39 is 0 Å². The topological polar surface area (TPSA) is 57.3 Å². The SMILES string of the molecule is COCCN=c1scc(-c2ccc(Cl)cc2)n1/N=C\c1ccc2c(c1)OCCO2. The van der Waals surface area contributed by atoms with Gasteiger partial charge in [0.15, 0.2) is 11.5 Å². The fourth-order valence-electron chi connectivity index (χ4n) is 2.84. The first-order valence-electron chi connectivity index (χ1n) is 9.14. The Bertz CT molecular complexity index is 1070. The van der Waals surface area contributed by atoms with Gasteiger partial charge in [-0.15, -0.1) is 11.3 Å². The van der Waals surface area contributed by atoms with Gasteiger partial charge < -0.3 is 14.2 Å². The minimum Gasteiger partial charge on any atom is -0.486 e. The van der Waals surface area contributed by atoms with Gasteiger partial charge in [-0.2, -0.15) is 5.10 Å². The highest BCUT2D eigenvalue weighted by Crippen LogP contribution is 2.30. The third kappa shape index (κ3) is 4.70. The van der Waals surface area contributed by atoms with Crippen molar-refractivity contribution >= 4 is 29.2 Å². The van der Waals surface area contributed by atoms with Gasteiger partial charge in [-0.05, 0) is 35.9 Å². The van der Waals surface area contributed by atoms with Crippen LogP contribution in [0.4, 0.5) is 0 Å². The van der Waals surface area contributed by atoms with E-state index in [2.05, 4.69) is 4.99 Å². The molecule has 0 aliphatic carbocycles. The largest absolute Gasteiger partial charge is 0.486 e. The van der Waals surface area contributed by atoms with E-state index in [-0.39, 0.29) is 0 Å². The van der Waals surface area contributed by atoms with Gasteiger partial charge >= 0.3 is 0 Å². The second kappa shape index (κ2) is 9.26. The number of hydrogen-bond donors (Lipinski definition) is 0. The van der Waals surface area contributed by atoms with Gasteiger partial charge in [-0.25, -0.2) is 4.68 Å². The molecule has 150 valence electrons. The Morgan fingerprint density at radius 3 is 2.72 bits per heavy atom. The normalized spacial score (nSPS) is 13.9. The maximum atomic E-state index is 6.04. The van der Waals surface area contributed by atoms with Crippen molar-refractivity contribution in [3.8, 4) is 22.8 Å². The van der Waals surface area contributed by atoms with E-state index in [0.717, 1.165) is 33.1 Å². The molecule has 0 unspecified atom stereocenters. The molecule has 0 saturated carbocycles. The summed E-state index contributed by atoms with van der Waals surface area (Å²) in [7, 11) is 1.66. The second-order valence-corrected chi connectivity index (χ2v) is 7.52. The minimum absolute atomic E-state index is 0.552. The minimum atomic E-state index is 0.552. The zero-order valence-electron chi connectivity index (χ0n) is 15.9. The molecule has 8 heteroatoms. The average Bonchev–Trinajstić information content (AvgIpc) is 3.15. The number of methoxy groups -OCH3 is 1. The molecule has 0 spiro atoms. The van der Waals surface area contributed by atoms with Crippen LogP contribution in [0, 0.1) is 0 Å². The van der Waals surface area contributed by atoms with Crippen LogP contribution < -0.4 is 14.3 Å². The number of rotatable bonds is 6. The molecule has 29 heavy (non-hydrogen) atoms. The van der Waals surface area contributed by atoms with Crippen LogP contribution in [0.15, 0.2) is 57.9 Å². The van der Waals surface area contributed by atoms with Crippen molar-refractivity contribution in [3.63, 3.8) is 0 Å². The molecule has 1 aromatic heterocycles. The van der Waals surface area contributed by atoms with Gasteiger partial charge in [-0.1, -0.05) is 23.7 Å². The van der Waals surface area contributed by atoms with Crippen LogP contribution in [0.1, 0.15) is 5.56 Å². The van der Waals surface area contributed by atoms with Crippen LogP contribution in [0.2, 0.25) is 5.02 Å². The van der Waals surface area contributed by atoms with Crippen LogP contribution in [-0.4, -0.2) is 44.4 Å². The molecule has 0 amide bonds. The lowest BCUT2D eigenvalue weighted by Gasteiger charge is -2.18. The number of benzene rings is 2. The summed E-state index contributed by atoms with van der Waals surface area (Å²) < 4.78 is 18.2. The monoisotopic (exact) mass is 429 g/mol. The van der Waals surface area contributed by atoms with E-state index in [0.29, 0.717) is 31.4 Å². The molecule has 2 aromatic carbocycles. The first-order chi connectivity index (χ1) is 14.2. The van der Waals surface area contributed by atoms with Crippen molar-refractivity contribution in [1.82, 2.24) is 4.68 Å². The quantitative estimate of drug-likeness (QED) is 0.438. The van der Waals surface area contributed by atoms with Gasteiger partial charge in [0.1, 0.15) is 13.2 Å². The molecule has 1 aliphatic rings. The molecule has 0 radical (unpaired) electrons. The van der Waals surface area contributed by atoms with Crippen molar-refractivity contribution in [2.24, 2.45) is 10.1 Å². The molecule has 1 aliphatic heterocycles. The summed E-state index contributed by atoms with van der Waals surface area (Å²) in [4.78, 5) is 5.41. The molecule has 0 saturated heterocycles. The number of nitrogens with zero attached hydrogens (tertiary/aromatic N) is 3. The summed E-state index contributed by atoms with van der Waals surface area (Å²) in [6.45, 7) is 2.24. The second-order valence-electron chi connectivity index (χ2n) is 6.24. The van der Waals surface area contributed by atoms with Crippen LogP contribution in [0.25, 0.3) is 11.3 Å². The van der Waals surface area contributed by atoms with E-state index in [1.165, 1.54) is 11.3 Å². The first kappa shape index (κ1) is 19.7. The molecule has 0 bridgehead atoms. The average molecular weight is 430 g/mol. The first-order valence-corrected chi connectivity index (χ1v) is 10.4. The van der Waals surface area contributed by atoms with Crippen molar-refractivity contribution in [1.29, 1.82) is 0 Å². The Balaban J connectivity index is 1.70. The summed E-state index contributed by atoms with van der Waals surface area (Å²) >= 11 is 7.57. The molecular formula is C21H20ClN3O3S. The zero-order valence-corrected chi connectivity index (χ0v) is 17.4. The molecule has 2 heterocycles. The molecule has 3 aromatic rings. The Kier molecular flexibility index (Phi) is 6.29. The van der Waals surface area contributed by atoms with E-state index in [9.17, 15) is 0 Å². The lowest BCUT2D eigenvalue weighted by atomic mass is 10.2. The smallest absolute Gasteiger partial charge is 0.206 e. The summed E-state index contributed by atoms with van der Waals surface area (Å²) in [6.07, 6.45) is 1.79. The lowest BCUT2D eigenvalue weighted by molar-refractivity contribution is 0.171. The lowest BCUT2D eigenvalue weighted by Crippen LogP contribution is -2.15. The fourth-order valence-corrected chi connectivity index (χ4v) is 3.83. The Labute approximate surface area is 177 Å². The zero-order chi connectivity index (χ0) is 20.1. The summed E-state index contributed by atoms with van der Waals surface area (Å²) in [5.41, 5.74) is 2.87. The van der Waals surface area contributed by atoms with E-state index in [1.54, 1.807) is 13.3 Å². The predicted molar refractivity (Wildman–Crippen MR) is 115 cm³/mol. The van der Waals surface area contributed by atoms with E-state index in [1.807, 2.05) is 52.5 Å².